The van der Waals surface area contributed by atoms with Crippen LogP contribution in [-0.2, 0) is 6.54 Å². The minimum absolute atomic E-state index is 0.00333. The van der Waals surface area contributed by atoms with Gasteiger partial charge >= 0.3 is 5.69 Å². The molecular weight excluding hydrogens is 372 g/mol. The third-order valence-corrected chi connectivity index (χ3v) is 6.04. The smallest absolute Gasteiger partial charge is 0.326 e. The van der Waals surface area contributed by atoms with Crippen molar-refractivity contribution in [1.29, 1.82) is 0 Å². The maximum absolute atomic E-state index is 12.5. The van der Waals surface area contributed by atoms with Crippen LogP contribution in [0.2, 0.25) is 0 Å². The van der Waals surface area contributed by atoms with E-state index in [9.17, 15) is 4.79 Å². The Morgan fingerprint density at radius 3 is 2.57 bits per heavy atom. The van der Waals surface area contributed by atoms with E-state index in [1.165, 1.54) is 5.56 Å². The number of para-hydroxylation sites is 2. The van der Waals surface area contributed by atoms with Crippen molar-refractivity contribution in [2.24, 2.45) is 0 Å². The standard InChI is InChI=1S/C25H25N4O/c26-21-5-3-4-20(16-21)19-10-8-18(9-11-19)17-28-14-12-22(13-15-28)29-24-7-2-1-6-23(24)27-25(29)30/h1-3,5-11,16,22H,12-15,17,26H2,(H,27,30). The number of nitrogens with zero attached hydrogens (tertiary/aromatic N) is 2. The molecule has 30 heavy (non-hydrogen) atoms. The average Bonchev–Trinajstić information content (AvgIpc) is 3.11. The molecule has 2 heterocycles. The largest absolute Gasteiger partial charge is 0.399 e. The van der Waals surface area contributed by atoms with Crippen LogP contribution in [0.3, 0.4) is 0 Å². The lowest BCUT2D eigenvalue weighted by molar-refractivity contribution is 0.180. The Kier molecular flexibility index (Phi) is 4.89. The first-order chi connectivity index (χ1) is 14.7. The highest BCUT2D eigenvalue weighted by molar-refractivity contribution is 5.75. The number of anilines is 1. The molecule has 0 atom stereocenters. The number of imidazole rings is 1. The SMILES string of the molecule is Nc1cc[c]c(-c2ccc(CN3CCC(n4c(=O)[nH]c5ccccc54)CC3)cc2)c1. The molecule has 0 bridgehead atoms. The Bertz CT molecular complexity index is 1210. The molecule has 0 unspecified atom stereocenters. The summed E-state index contributed by atoms with van der Waals surface area (Å²) < 4.78 is 1.95. The number of hydrogen-bond donors (Lipinski definition) is 2. The summed E-state index contributed by atoms with van der Waals surface area (Å²) in [5, 5.41) is 0. The number of fused-ring (bicyclic) bond motifs is 1. The minimum atomic E-state index is 0.00333. The van der Waals surface area contributed by atoms with E-state index < -0.39 is 0 Å². The van der Waals surface area contributed by atoms with Crippen LogP contribution in [0.15, 0.2) is 71.5 Å². The van der Waals surface area contributed by atoms with E-state index in [1.54, 1.807) is 0 Å². The number of aromatic nitrogens is 2. The van der Waals surface area contributed by atoms with Crippen LogP contribution < -0.4 is 11.4 Å². The number of piperidine rings is 1. The number of nitrogens with one attached hydrogen (secondary N) is 1. The quantitative estimate of drug-likeness (QED) is 0.507. The van der Waals surface area contributed by atoms with Crippen LogP contribution in [0.4, 0.5) is 5.69 Å². The average molecular weight is 398 g/mol. The van der Waals surface area contributed by atoms with Crippen molar-refractivity contribution >= 4 is 16.7 Å². The van der Waals surface area contributed by atoms with Gasteiger partial charge in [-0.2, -0.15) is 0 Å². The third kappa shape index (κ3) is 3.64. The van der Waals surface area contributed by atoms with Crippen LogP contribution in [0.5, 0.6) is 0 Å². The van der Waals surface area contributed by atoms with Gasteiger partial charge in [0.2, 0.25) is 0 Å². The maximum atomic E-state index is 12.5. The van der Waals surface area contributed by atoms with Gasteiger partial charge in [0.25, 0.3) is 0 Å². The first-order valence-electron chi connectivity index (χ1n) is 10.5. The van der Waals surface area contributed by atoms with Crippen LogP contribution >= 0.6 is 0 Å². The van der Waals surface area contributed by atoms with Crippen LogP contribution in [-0.4, -0.2) is 27.5 Å². The molecular formula is C25H25N4O. The molecule has 1 aromatic heterocycles. The summed E-state index contributed by atoms with van der Waals surface area (Å²) in [6, 6.07) is 25.7. The third-order valence-electron chi connectivity index (χ3n) is 6.04. The molecule has 1 aliphatic rings. The molecule has 5 nitrogen and oxygen atoms in total. The van der Waals surface area contributed by atoms with Crippen molar-refractivity contribution in [3.8, 4) is 11.1 Å². The van der Waals surface area contributed by atoms with Crippen molar-refractivity contribution in [3.63, 3.8) is 0 Å². The highest BCUT2D eigenvalue weighted by atomic mass is 16.1. The number of nitrogens with two attached hydrogens (primary N) is 1. The highest BCUT2D eigenvalue weighted by Gasteiger charge is 2.23. The van der Waals surface area contributed by atoms with Gasteiger partial charge in [-0.1, -0.05) is 42.5 Å². The number of aromatic amines is 1. The van der Waals surface area contributed by atoms with E-state index in [0.29, 0.717) is 0 Å². The predicted molar refractivity (Wildman–Crippen MR) is 121 cm³/mol. The summed E-state index contributed by atoms with van der Waals surface area (Å²) in [7, 11) is 0. The topological polar surface area (TPSA) is 67.0 Å². The van der Waals surface area contributed by atoms with E-state index in [0.717, 1.165) is 60.3 Å². The second-order valence-electron chi connectivity index (χ2n) is 8.06. The Morgan fingerprint density at radius 2 is 1.80 bits per heavy atom. The van der Waals surface area contributed by atoms with Crippen LogP contribution in [0.25, 0.3) is 22.2 Å². The van der Waals surface area contributed by atoms with E-state index in [2.05, 4.69) is 40.2 Å². The van der Waals surface area contributed by atoms with Crippen molar-refractivity contribution in [2.45, 2.75) is 25.4 Å². The minimum Gasteiger partial charge on any atom is -0.399 e. The number of rotatable bonds is 4. The Hall–Kier alpha value is -3.31. The van der Waals surface area contributed by atoms with Crippen molar-refractivity contribution in [2.75, 3.05) is 18.8 Å². The normalized spacial score (nSPS) is 15.6. The number of benzene rings is 3. The van der Waals surface area contributed by atoms with Gasteiger partial charge in [-0.05, 0) is 59.9 Å². The van der Waals surface area contributed by atoms with Gasteiger partial charge in [0, 0.05) is 31.4 Å². The molecule has 1 saturated heterocycles. The van der Waals surface area contributed by atoms with E-state index >= 15 is 0 Å². The molecule has 5 heteroatoms. The van der Waals surface area contributed by atoms with Crippen molar-refractivity contribution < 1.29 is 0 Å². The van der Waals surface area contributed by atoms with Gasteiger partial charge in [0.15, 0.2) is 0 Å². The van der Waals surface area contributed by atoms with E-state index in [-0.39, 0.29) is 11.7 Å². The number of hydrogen-bond acceptors (Lipinski definition) is 3. The van der Waals surface area contributed by atoms with E-state index in [1.807, 2.05) is 47.0 Å². The lowest BCUT2D eigenvalue weighted by atomic mass is 10.0. The lowest BCUT2D eigenvalue weighted by Crippen LogP contribution is -2.36. The fourth-order valence-electron chi connectivity index (χ4n) is 4.47. The number of likely N-dealkylation sites (tertiary alicyclic amines) is 1. The van der Waals surface area contributed by atoms with Gasteiger partial charge in [-0.25, -0.2) is 4.79 Å². The second-order valence-corrected chi connectivity index (χ2v) is 8.06. The number of nitrogen functional groups attached to an aromatic ring is 1. The zero-order chi connectivity index (χ0) is 20.5. The fraction of sp³-hybridized carbons (Fsp3) is 0.240. The molecule has 1 radical (unpaired) electrons. The zero-order valence-corrected chi connectivity index (χ0v) is 16.8. The molecule has 3 N–H and O–H groups in total. The lowest BCUT2D eigenvalue weighted by Gasteiger charge is -2.32. The van der Waals surface area contributed by atoms with Gasteiger partial charge in [-0.3, -0.25) is 9.47 Å². The first-order valence-corrected chi connectivity index (χ1v) is 10.5. The van der Waals surface area contributed by atoms with Gasteiger partial charge in [0.1, 0.15) is 0 Å². The molecule has 151 valence electrons. The fourth-order valence-corrected chi connectivity index (χ4v) is 4.47. The highest BCUT2D eigenvalue weighted by Crippen LogP contribution is 2.26. The van der Waals surface area contributed by atoms with Crippen molar-refractivity contribution in [3.05, 3.63) is 88.8 Å². The summed E-state index contributed by atoms with van der Waals surface area (Å²) in [6.45, 7) is 2.90. The molecule has 5 rings (SSSR count). The first kappa shape index (κ1) is 18.7. The van der Waals surface area contributed by atoms with Gasteiger partial charge < -0.3 is 10.7 Å². The molecule has 0 spiro atoms. The Labute approximate surface area is 175 Å². The maximum Gasteiger partial charge on any atom is 0.326 e. The van der Waals surface area contributed by atoms with Crippen molar-refractivity contribution in [1.82, 2.24) is 14.5 Å². The molecule has 0 saturated carbocycles. The predicted octanol–water partition coefficient (Wildman–Crippen LogP) is 4.22. The molecule has 3 aromatic carbocycles. The molecule has 0 aliphatic carbocycles. The monoisotopic (exact) mass is 397 g/mol. The summed E-state index contributed by atoms with van der Waals surface area (Å²) >= 11 is 0. The van der Waals surface area contributed by atoms with Gasteiger partial charge in [-0.15, -0.1) is 0 Å². The van der Waals surface area contributed by atoms with Crippen LogP contribution in [0.1, 0.15) is 24.4 Å². The Balaban J connectivity index is 1.24. The molecule has 1 fully saturated rings. The summed E-state index contributed by atoms with van der Waals surface area (Å²) in [5.41, 5.74) is 12.0. The summed E-state index contributed by atoms with van der Waals surface area (Å²) in [4.78, 5) is 17.9. The van der Waals surface area contributed by atoms with Crippen LogP contribution in [0, 0.1) is 6.07 Å². The van der Waals surface area contributed by atoms with Gasteiger partial charge in [0.05, 0.1) is 11.0 Å². The summed E-state index contributed by atoms with van der Waals surface area (Å²) in [5.74, 6) is 0. The molecule has 0 amide bonds. The second kappa shape index (κ2) is 7.84. The summed E-state index contributed by atoms with van der Waals surface area (Å²) in [6.07, 6.45) is 1.97. The Morgan fingerprint density at radius 1 is 1.03 bits per heavy atom. The number of H-pyrrole nitrogens is 1. The molecule has 1 aliphatic heterocycles. The van der Waals surface area contributed by atoms with E-state index in [4.69, 9.17) is 5.73 Å². The molecule has 4 aromatic rings. The zero-order valence-electron chi connectivity index (χ0n) is 16.8.